The van der Waals surface area contributed by atoms with E-state index in [0.717, 1.165) is 11.3 Å². The Morgan fingerprint density at radius 1 is 1.04 bits per heavy atom. The number of nitro benzene ring substituents is 1. The second-order valence-corrected chi connectivity index (χ2v) is 5.75. The van der Waals surface area contributed by atoms with E-state index >= 15 is 0 Å². The summed E-state index contributed by atoms with van der Waals surface area (Å²) in [5.74, 6) is 0.699. The number of aromatic nitrogens is 3. The van der Waals surface area contributed by atoms with Crippen LogP contribution >= 0.6 is 0 Å². The van der Waals surface area contributed by atoms with Gasteiger partial charge in [0.15, 0.2) is 0 Å². The van der Waals surface area contributed by atoms with Gasteiger partial charge < -0.3 is 10.3 Å². The van der Waals surface area contributed by atoms with Crippen LogP contribution in [0.4, 0.5) is 11.4 Å². The molecule has 0 amide bonds. The lowest BCUT2D eigenvalue weighted by Crippen LogP contribution is -2.04. The monoisotopic (exact) mass is 345 g/mol. The molecule has 7 heteroatoms. The first-order chi connectivity index (χ1) is 12.7. The zero-order chi connectivity index (χ0) is 17.9. The van der Waals surface area contributed by atoms with Crippen molar-refractivity contribution in [3.8, 4) is 11.3 Å². The quantitative estimate of drug-likeness (QED) is 0.418. The molecular formula is C19H15N5O2. The number of nitrogens with zero attached hydrogens (tertiary/aromatic N) is 3. The van der Waals surface area contributed by atoms with Crippen LogP contribution in [0.1, 0.15) is 5.82 Å². The molecule has 0 atom stereocenters. The van der Waals surface area contributed by atoms with Crippen molar-refractivity contribution < 1.29 is 4.92 Å². The fourth-order valence-electron chi connectivity index (χ4n) is 2.87. The van der Waals surface area contributed by atoms with Crippen LogP contribution in [0.25, 0.3) is 22.2 Å². The number of fused-ring (bicyclic) bond motifs is 1. The average Bonchev–Trinajstić information content (AvgIpc) is 3.15. The maximum absolute atomic E-state index is 11.6. The van der Waals surface area contributed by atoms with Gasteiger partial charge in [-0.3, -0.25) is 15.1 Å². The molecule has 0 fully saturated rings. The molecule has 0 aliphatic rings. The van der Waals surface area contributed by atoms with Crippen LogP contribution in [0.15, 0.2) is 67.0 Å². The highest BCUT2D eigenvalue weighted by atomic mass is 16.6. The standard InChI is InChI=1S/C19H15N5O2/c25-24(26)19-14-7-4-10-20-15(14)8-9-16(19)21-12-18-22-11-17(23-18)13-5-2-1-3-6-13/h1-11,21H,12H2,(H,22,23). The van der Waals surface area contributed by atoms with Gasteiger partial charge in [0.1, 0.15) is 11.5 Å². The summed E-state index contributed by atoms with van der Waals surface area (Å²) in [6, 6.07) is 16.7. The molecule has 0 spiro atoms. The molecule has 0 radical (unpaired) electrons. The topological polar surface area (TPSA) is 96.7 Å². The summed E-state index contributed by atoms with van der Waals surface area (Å²) < 4.78 is 0. The second kappa shape index (κ2) is 6.64. The molecular weight excluding hydrogens is 330 g/mol. The largest absolute Gasteiger partial charge is 0.372 e. The van der Waals surface area contributed by atoms with E-state index in [4.69, 9.17) is 0 Å². The molecule has 4 aromatic rings. The average molecular weight is 345 g/mol. The molecule has 4 rings (SSSR count). The van der Waals surface area contributed by atoms with Gasteiger partial charge in [-0.1, -0.05) is 30.3 Å². The third-order valence-corrected chi connectivity index (χ3v) is 4.10. The van der Waals surface area contributed by atoms with Crippen molar-refractivity contribution in [2.75, 3.05) is 5.32 Å². The highest BCUT2D eigenvalue weighted by Crippen LogP contribution is 2.32. The van der Waals surface area contributed by atoms with Gasteiger partial charge in [-0.25, -0.2) is 4.98 Å². The normalized spacial score (nSPS) is 10.8. The summed E-state index contributed by atoms with van der Waals surface area (Å²) in [6.07, 6.45) is 3.37. The maximum Gasteiger partial charge on any atom is 0.301 e. The molecule has 26 heavy (non-hydrogen) atoms. The van der Waals surface area contributed by atoms with Gasteiger partial charge in [0.25, 0.3) is 0 Å². The minimum atomic E-state index is -0.385. The van der Waals surface area contributed by atoms with Crippen LogP contribution in [-0.2, 0) is 6.54 Å². The van der Waals surface area contributed by atoms with E-state index in [1.807, 2.05) is 30.3 Å². The smallest absolute Gasteiger partial charge is 0.301 e. The van der Waals surface area contributed by atoms with Crippen LogP contribution in [0, 0.1) is 10.1 Å². The first-order valence-electron chi connectivity index (χ1n) is 8.07. The highest BCUT2D eigenvalue weighted by molar-refractivity contribution is 5.94. The minimum Gasteiger partial charge on any atom is -0.372 e. The van der Waals surface area contributed by atoms with Crippen LogP contribution in [0.2, 0.25) is 0 Å². The first kappa shape index (κ1) is 15.8. The van der Waals surface area contributed by atoms with Crippen molar-refractivity contribution in [1.29, 1.82) is 0 Å². The Morgan fingerprint density at radius 3 is 2.69 bits per heavy atom. The summed E-state index contributed by atoms with van der Waals surface area (Å²) >= 11 is 0. The molecule has 7 nitrogen and oxygen atoms in total. The van der Waals surface area contributed by atoms with Crippen molar-refractivity contribution in [3.05, 3.63) is 82.9 Å². The number of hydrogen-bond donors (Lipinski definition) is 2. The van der Waals surface area contributed by atoms with Gasteiger partial charge >= 0.3 is 5.69 Å². The molecule has 0 unspecified atom stereocenters. The van der Waals surface area contributed by atoms with Crippen molar-refractivity contribution in [3.63, 3.8) is 0 Å². The Morgan fingerprint density at radius 2 is 1.88 bits per heavy atom. The van der Waals surface area contributed by atoms with Crippen LogP contribution in [0.3, 0.4) is 0 Å². The van der Waals surface area contributed by atoms with Crippen molar-refractivity contribution in [2.45, 2.75) is 6.54 Å². The SMILES string of the molecule is O=[N+]([O-])c1c(NCc2ncc(-c3ccccc3)[nH]2)ccc2ncccc12. The molecule has 0 bridgehead atoms. The van der Waals surface area contributed by atoms with E-state index in [-0.39, 0.29) is 10.6 Å². The van der Waals surface area contributed by atoms with Crippen molar-refractivity contribution >= 4 is 22.3 Å². The van der Waals surface area contributed by atoms with Crippen LogP contribution in [0.5, 0.6) is 0 Å². The molecule has 2 heterocycles. The molecule has 2 aromatic heterocycles. The summed E-state index contributed by atoms with van der Waals surface area (Å²) in [6.45, 7) is 0.347. The predicted molar refractivity (Wildman–Crippen MR) is 99.7 cm³/mol. The number of hydrogen-bond acceptors (Lipinski definition) is 5. The molecule has 0 aliphatic heterocycles. The van der Waals surface area contributed by atoms with Gasteiger partial charge in [0.05, 0.1) is 34.3 Å². The van der Waals surface area contributed by atoms with E-state index in [0.29, 0.717) is 29.0 Å². The van der Waals surface area contributed by atoms with Crippen LogP contribution < -0.4 is 5.32 Å². The number of nitro groups is 1. The Labute approximate surface area is 148 Å². The second-order valence-electron chi connectivity index (χ2n) is 5.75. The molecule has 128 valence electrons. The number of benzene rings is 2. The summed E-state index contributed by atoms with van der Waals surface area (Å²) in [5.41, 5.74) is 2.99. The lowest BCUT2D eigenvalue weighted by molar-refractivity contribution is -0.382. The zero-order valence-electron chi connectivity index (χ0n) is 13.7. The number of aromatic amines is 1. The Balaban J connectivity index is 1.60. The van der Waals surface area contributed by atoms with E-state index in [1.54, 1.807) is 36.7 Å². The van der Waals surface area contributed by atoms with Gasteiger partial charge in [-0.05, 0) is 29.8 Å². The third kappa shape index (κ3) is 2.98. The lowest BCUT2D eigenvalue weighted by Gasteiger charge is -2.07. The summed E-state index contributed by atoms with van der Waals surface area (Å²) in [7, 11) is 0. The van der Waals surface area contributed by atoms with E-state index in [9.17, 15) is 10.1 Å². The molecule has 0 saturated heterocycles. The number of rotatable bonds is 5. The molecule has 0 saturated carbocycles. The maximum atomic E-state index is 11.6. The fraction of sp³-hybridized carbons (Fsp3) is 0.0526. The summed E-state index contributed by atoms with van der Waals surface area (Å²) in [4.78, 5) is 22.9. The Hall–Kier alpha value is -3.74. The number of pyridine rings is 1. The van der Waals surface area contributed by atoms with Crippen LogP contribution in [-0.4, -0.2) is 19.9 Å². The molecule has 2 N–H and O–H groups in total. The van der Waals surface area contributed by atoms with E-state index in [1.165, 1.54) is 0 Å². The zero-order valence-corrected chi connectivity index (χ0v) is 13.7. The Bertz CT molecular complexity index is 1080. The third-order valence-electron chi connectivity index (χ3n) is 4.10. The Kier molecular flexibility index (Phi) is 4.03. The van der Waals surface area contributed by atoms with Gasteiger partial charge in [0, 0.05) is 6.20 Å². The number of anilines is 1. The van der Waals surface area contributed by atoms with Gasteiger partial charge in [-0.15, -0.1) is 0 Å². The van der Waals surface area contributed by atoms with E-state index in [2.05, 4.69) is 20.3 Å². The predicted octanol–water partition coefficient (Wildman–Crippen LogP) is 4.15. The van der Waals surface area contributed by atoms with Crippen molar-refractivity contribution in [2.24, 2.45) is 0 Å². The van der Waals surface area contributed by atoms with Gasteiger partial charge in [0.2, 0.25) is 0 Å². The number of H-pyrrole nitrogens is 1. The highest BCUT2D eigenvalue weighted by Gasteiger charge is 2.19. The van der Waals surface area contributed by atoms with E-state index < -0.39 is 0 Å². The number of imidazole rings is 1. The lowest BCUT2D eigenvalue weighted by atomic mass is 10.1. The van der Waals surface area contributed by atoms with Crippen molar-refractivity contribution in [1.82, 2.24) is 15.0 Å². The molecule has 2 aromatic carbocycles. The first-order valence-corrected chi connectivity index (χ1v) is 8.07. The molecule has 0 aliphatic carbocycles. The fourth-order valence-corrected chi connectivity index (χ4v) is 2.87. The minimum absolute atomic E-state index is 0.0189. The van der Waals surface area contributed by atoms with Gasteiger partial charge in [-0.2, -0.15) is 0 Å². The summed E-state index contributed by atoms with van der Waals surface area (Å²) in [5, 5.41) is 15.2. The number of nitrogens with one attached hydrogen (secondary N) is 2.